The normalized spacial score (nSPS) is 18.3. The lowest BCUT2D eigenvalue weighted by atomic mass is 9.89. The largest absolute Gasteiger partial charge is 0.356 e. The van der Waals surface area contributed by atoms with E-state index in [1.54, 1.807) is 6.92 Å². The number of hydrogen-bond donors (Lipinski definition) is 2. The summed E-state index contributed by atoms with van der Waals surface area (Å²) in [5, 5.41) is 15.4. The van der Waals surface area contributed by atoms with Crippen molar-refractivity contribution < 1.29 is 14.1 Å². The summed E-state index contributed by atoms with van der Waals surface area (Å²) in [6.45, 7) is 3.53. The van der Waals surface area contributed by atoms with E-state index in [0.29, 0.717) is 17.0 Å². The Labute approximate surface area is 216 Å². The molecule has 37 heavy (non-hydrogen) atoms. The molecule has 8 nitrogen and oxygen atoms in total. The van der Waals surface area contributed by atoms with E-state index in [1.165, 1.54) is 6.20 Å². The summed E-state index contributed by atoms with van der Waals surface area (Å²) < 4.78 is 7.39. The quantitative estimate of drug-likeness (QED) is 0.339. The van der Waals surface area contributed by atoms with Crippen molar-refractivity contribution in [1.82, 2.24) is 25.6 Å². The van der Waals surface area contributed by atoms with E-state index in [0.717, 1.165) is 42.6 Å². The first-order chi connectivity index (χ1) is 18.0. The van der Waals surface area contributed by atoms with Crippen molar-refractivity contribution in [3.8, 4) is 17.0 Å². The fourth-order valence-corrected chi connectivity index (χ4v) is 5.06. The number of Topliss-reactive ketones (excluding diaryl/α,β-unsaturated/α-hetero) is 1. The van der Waals surface area contributed by atoms with Gasteiger partial charge >= 0.3 is 0 Å². The Morgan fingerprint density at radius 1 is 0.973 bits per heavy atom. The van der Waals surface area contributed by atoms with Gasteiger partial charge < -0.3 is 9.84 Å². The monoisotopic (exact) mass is 497 g/mol. The van der Waals surface area contributed by atoms with Gasteiger partial charge in [-0.15, -0.1) is 0 Å². The number of ketones is 1. The molecule has 1 aliphatic carbocycles. The van der Waals surface area contributed by atoms with Gasteiger partial charge in [-0.05, 0) is 50.8 Å². The van der Waals surface area contributed by atoms with Crippen molar-refractivity contribution >= 4 is 11.7 Å². The first kappa shape index (κ1) is 24.6. The summed E-state index contributed by atoms with van der Waals surface area (Å²) in [5.41, 5.74) is 3.73. The van der Waals surface area contributed by atoms with Crippen LogP contribution in [0.5, 0.6) is 0 Å². The van der Waals surface area contributed by atoms with Crippen LogP contribution in [0.15, 0.2) is 77.4 Å². The smallest absolute Gasteiger partial charge is 0.217 e. The molecule has 2 heterocycles. The molecule has 1 saturated carbocycles. The first-order valence-electron chi connectivity index (χ1n) is 12.7. The van der Waals surface area contributed by atoms with Crippen molar-refractivity contribution in [2.75, 3.05) is 0 Å². The van der Waals surface area contributed by atoms with Crippen molar-refractivity contribution in [2.45, 2.75) is 57.7 Å². The standard InChI is InChI=1S/C29H31N5O3/c1-19-17-26(33-34(19)24-11-7-4-8-12-24)27(32-23-15-13-22(14-16-23)31-20(2)35)28(36)25-18-30-37-29(25)21-9-5-3-6-10-21/h3-12,17-18,22-23,27,32H,13-16H2,1-2H3,(H,31,35). The molecule has 2 aromatic carbocycles. The molecule has 0 saturated heterocycles. The zero-order chi connectivity index (χ0) is 25.8. The van der Waals surface area contributed by atoms with Gasteiger partial charge in [0.15, 0.2) is 11.5 Å². The molecule has 8 heteroatoms. The molecule has 2 N–H and O–H groups in total. The highest BCUT2D eigenvalue weighted by Crippen LogP contribution is 2.30. The van der Waals surface area contributed by atoms with Crippen LogP contribution in [0, 0.1) is 6.92 Å². The Bertz CT molecular complexity index is 1350. The average molecular weight is 498 g/mol. The minimum atomic E-state index is -0.673. The van der Waals surface area contributed by atoms with Crippen LogP contribution in [0.1, 0.15) is 60.4 Å². The van der Waals surface area contributed by atoms with Gasteiger partial charge in [0.05, 0.1) is 23.1 Å². The number of benzene rings is 2. The number of aryl methyl sites for hydroxylation is 1. The molecule has 1 fully saturated rings. The molecule has 0 bridgehead atoms. The first-order valence-corrected chi connectivity index (χ1v) is 12.7. The molecule has 5 rings (SSSR count). The van der Waals surface area contributed by atoms with E-state index >= 15 is 0 Å². The van der Waals surface area contributed by atoms with Crippen molar-refractivity contribution in [2.24, 2.45) is 0 Å². The highest BCUT2D eigenvalue weighted by atomic mass is 16.5. The van der Waals surface area contributed by atoms with Crippen LogP contribution in [-0.2, 0) is 4.79 Å². The summed E-state index contributed by atoms with van der Waals surface area (Å²) in [7, 11) is 0. The van der Waals surface area contributed by atoms with Crippen molar-refractivity contribution in [3.63, 3.8) is 0 Å². The van der Waals surface area contributed by atoms with E-state index < -0.39 is 6.04 Å². The number of carbonyl (C=O) groups is 2. The molecule has 4 aromatic rings. The third kappa shape index (κ3) is 5.54. The van der Waals surface area contributed by atoms with Crippen LogP contribution in [0.25, 0.3) is 17.0 Å². The predicted molar refractivity (Wildman–Crippen MR) is 140 cm³/mol. The lowest BCUT2D eigenvalue weighted by molar-refractivity contribution is -0.119. The van der Waals surface area contributed by atoms with Gasteiger partial charge in [-0.3, -0.25) is 14.9 Å². The second-order valence-electron chi connectivity index (χ2n) is 9.61. The zero-order valence-electron chi connectivity index (χ0n) is 21.1. The Kier molecular flexibility index (Phi) is 7.28. The Balaban J connectivity index is 1.46. The molecule has 0 aliphatic heterocycles. The molecule has 1 unspecified atom stereocenters. The van der Waals surface area contributed by atoms with Gasteiger partial charge in [0.2, 0.25) is 5.91 Å². The van der Waals surface area contributed by atoms with Crippen LogP contribution in [0.3, 0.4) is 0 Å². The minimum Gasteiger partial charge on any atom is -0.356 e. The molecule has 1 atom stereocenters. The highest BCUT2D eigenvalue weighted by molar-refractivity contribution is 6.04. The SMILES string of the molecule is CC(=O)NC1CCC(NC(C(=O)c2cnoc2-c2ccccc2)c2cc(C)n(-c3ccccc3)n2)CC1. The Hall–Kier alpha value is -4.04. The predicted octanol–water partition coefficient (Wildman–Crippen LogP) is 4.80. The summed E-state index contributed by atoms with van der Waals surface area (Å²) in [6, 6.07) is 21.0. The van der Waals surface area contributed by atoms with Gasteiger partial charge in [-0.2, -0.15) is 5.10 Å². The summed E-state index contributed by atoms with van der Waals surface area (Å²) in [6.07, 6.45) is 4.91. The maximum absolute atomic E-state index is 14.1. The molecule has 190 valence electrons. The van der Waals surface area contributed by atoms with E-state index in [1.807, 2.05) is 78.3 Å². The van der Waals surface area contributed by atoms with E-state index in [2.05, 4.69) is 15.8 Å². The van der Waals surface area contributed by atoms with E-state index in [-0.39, 0.29) is 23.8 Å². The van der Waals surface area contributed by atoms with Gasteiger partial charge in [0.1, 0.15) is 6.04 Å². The maximum atomic E-state index is 14.1. The number of nitrogens with zero attached hydrogens (tertiary/aromatic N) is 3. The number of carbonyl (C=O) groups excluding carboxylic acids is 2. The van der Waals surface area contributed by atoms with Crippen LogP contribution in [0.4, 0.5) is 0 Å². The second kappa shape index (κ2) is 10.9. The average Bonchev–Trinajstić information content (AvgIpc) is 3.56. The molecular weight excluding hydrogens is 466 g/mol. The fourth-order valence-electron chi connectivity index (χ4n) is 5.06. The summed E-state index contributed by atoms with van der Waals surface area (Å²) in [4.78, 5) is 25.6. The molecule has 0 radical (unpaired) electrons. The lowest BCUT2D eigenvalue weighted by Gasteiger charge is -2.31. The maximum Gasteiger partial charge on any atom is 0.217 e. The Morgan fingerprint density at radius 3 is 2.30 bits per heavy atom. The lowest BCUT2D eigenvalue weighted by Crippen LogP contribution is -2.44. The van der Waals surface area contributed by atoms with Gasteiger partial charge in [-0.1, -0.05) is 53.7 Å². The molecule has 1 aliphatic rings. The van der Waals surface area contributed by atoms with E-state index in [9.17, 15) is 9.59 Å². The Morgan fingerprint density at radius 2 is 1.62 bits per heavy atom. The second-order valence-corrected chi connectivity index (χ2v) is 9.61. The van der Waals surface area contributed by atoms with Crippen LogP contribution < -0.4 is 10.6 Å². The molecular formula is C29H31N5O3. The van der Waals surface area contributed by atoms with Gasteiger partial charge in [0, 0.05) is 30.3 Å². The number of rotatable bonds is 8. The van der Waals surface area contributed by atoms with Crippen LogP contribution >= 0.6 is 0 Å². The number of aromatic nitrogens is 3. The van der Waals surface area contributed by atoms with Crippen LogP contribution in [0.2, 0.25) is 0 Å². The third-order valence-corrected chi connectivity index (χ3v) is 6.87. The molecule has 2 aromatic heterocycles. The zero-order valence-corrected chi connectivity index (χ0v) is 21.1. The van der Waals surface area contributed by atoms with Gasteiger partial charge in [-0.25, -0.2) is 4.68 Å². The summed E-state index contributed by atoms with van der Waals surface area (Å²) >= 11 is 0. The molecule has 1 amide bonds. The minimum absolute atomic E-state index is 0.00714. The molecule has 0 spiro atoms. The van der Waals surface area contributed by atoms with Crippen molar-refractivity contribution in [1.29, 1.82) is 0 Å². The van der Waals surface area contributed by atoms with E-state index in [4.69, 9.17) is 9.62 Å². The van der Waals surface area contributed by atoms with Gasteiger partial charge in [0.25, 0.3) is 0 Å². The van der Waals surface area contributed by atoms with Crippen molar-refractivity contribution in [3.05, 3.63) is 89.9 Å². The number of hydrogen-bond acceptors (Lipinski definition) is 6. The number of amides is 1. The third-order valence-electron chi connectivity index (χ3n) is 6.87. The topological polar surface area (TPSA) is 102 Å². The highest BCUT2D eigenvalue weighted by Gasteiger charge is 2.33. The van der Waals surface area contributed by atoms with Crippen LogP contribution in [-0.4, -0.2) is 38.7 Å². The summed E-state index contributed by atoms with van der Waals surface area (Å²) in [5.74, 6) is 0.306. The fraction of sp³-hybridized carbons (Fsp3) is 0.310. The number of para-hydroxylation sites is 1. The number of nitrogens with one attached hydrogen (secondary N) is 2.